The number of hydrogen-bond donors (Lipinski definition) is 2. The average Bonchev–Trinajstić information content (AvgIpc) is 3.48. The van der Waals surface area contributed by atoms with E-state index in [0.29, 0.717) is 11.6 Å². The van der Waals surface area contributed by atoms with Crippen LogP contribution in [0.4, 0.5) is 0 Å². The molecule has 2 aromatic rings. The van der Waals surface area contributed by atoms with Gasteiger partial charge in [-0.3, -0.25) is 19.4 Å². The van der Waals surface area contributed by atoms with Gasteiger partial charge in [0.25, 0.3) is 0 Å². The summed E-state index contributed by atoms with van der Waals surface area (Å²) in [6.45, 7) is 17.3. The normalized spacial score (nSPS) is 23.9. The monoisotopic (exact) mass is 552 g/mol. The Bertz CT molecular complexity index is 1090. The van der Waals surface area contributed by atoms with Crippen LogP contribution in [-0.4, -0.2) is 97.0 Å². The molecule has 2 aromatic heterocycles. The molecule has 8 nitrogen and oxygen atoms in total. The molecule has 0 amide bonds. The van der Waals surface area contributed by atoms with Gasteiger partial charge in [0.05, 0.1) is 26.4 Å². The first-order chi connectivity index (χ1) is 19.4. The second-order valence-corrected chi connectivity index (χ2v) is 11.9. The van der Waals surface area contributed by atoms with Crippen LogP contribution in [0, 0.1) is 25.7 Å². The van der Waals surface area contributed by atoms with Crippen LogP contribution in [0.5, 0.6) is 0 Å². The Kier molecular flexibility index (Phi) is 9.61. The van der Waals surface area contributed by atoms with Gasteiger partial charge in [0.1, 0.15) is 0 Å². The molecule has 0 spiro atoms. The van der Waals surface area contributed by atoms with Gasteiger partial charge in [0.2, 0.25) is 0 Å². The summed E-state index contributed by atoms with van der Waals surface area (Å²) in [5, 5.41) is 0. The summed E-state index contributed by atoms with van der Waals surface area (Å²) in [6.07, 6.45) is 5.85. The van der Waals surface area contributed by atoms with Gasteiger partial charge in [-0.25, -0.2) is 0 Å². The third-order valence-corrected chi connectivity index (χ3v) is 9.38. The van der Waals surface area contributed by atoms with E-state index in [-0.39, 0.29) is 11.8 Å². The molecule has 0 saturated carbocycles. The molecule has 0 bridgehead atoms. The molecule has 40 heavy (non-hydrogen) atoms. The van der Waals surface area contributed by atoms with Gasteiger partial charge in [-0.15, -0.1) is 0 Å². The van der Waals surface area contributed by atoms with Gasteiger partial charge < -0.3 is 19.4 Å². The standard InChI is InChI=1S/2C16H24N2O2/c2*1-3-13-11(2)17-14-5-4-12(16(19)15(13)14)10-18-6-8-20-9-7-18/h2*12,17H,3-10H2,1-2H3. The SMILES string of the molecule is CCc1c(C)[nH]c2c1C(=O)C(CN1CCOCC1)CC2.CCc1c(C)[nH]c2c1C(=O)C(CN1CCOCC1)CC2. The van der Waals surface area contributed by atoms with Crippen LogP contribution in [0.1, 0.15) is 81.3 Å². The van der Waals surface area contributed by atoms with Gasteiger partial charge in [-0.2, -0.15) is 0 Å². The van der Waals surface area contributed by atoms with E-state index in [9.17, 15) is 9.59 Å². The number of H-pyrrole nitrogens is 2. The number of morpholine rings is 2. The Morgan fingerprint density at radius 2 is 1.05 bits per heavy atom. The van der Waals surface area contributed by atoms with Crippen LogP contribution < -0.4 is 0 Å². The first-order valence-electron chi connectivity index (χ1n) is 15.5. The maximum atomic E-state index is 12.8. The number of aromatic amines is 2. The van der Waals surface area contributed by atoms with Crippen LogP contribution in [0.3, 0.4) is 0 Å². The van der Waals surface area contributed by atoms with E-state index in [1.54, 1.807) is 0 Å². The van der Waals surface area contributed by atoms with Gasteiger partial charge in [-0.1, -0.05) is 13.8 Å². The number of Topliss-reactive ketones (excluding diaryl/α,β-unsaturated/α-hetero) is 2. The van der Waals surface area contributed by atoms with Gasteiger partial charge >= 0.3 is 0 Å². The summed E-state index contributed by atoms with van der Waals surface area (Å²) in [6, 6.07) is 0. The maximum absolute atomic E-state index is 12.8. The molecule has 4 heterocycles. The summed E-state index contributed by atoms with van der Waals surface area (Å²) in [7, 11) is 0. The molecular formula is C32H48N4O4. The van der Waals surface area contributed by atoms with E-state index in [4.69, 9.17) is 9.47 Å². The number of fused-ring (bicyclic) bond motifs is 2. The average molecular weight is 553 g/mol. The fourth-order valence-electron chi connectivity index (χ4n) is 7.17. The Hall–Kier alpha value is -2.26. The molecule has 220 valence electrons. The lowest BCUT2D eigenvalue weighted by molar-refractivity contribution is 0.0291. The second kappa shape index (κ2) is 13.1. The summed E-state index contributed by atoms with van der Waals surface area (Å²) in [5.74, 6) is 1.06. The van der Waals surface area contributed by atoms with Crippen molar-refractivity contribution in [1.82, 2.24) is 19.8 Å². The predicted octanol–water partition coefficient (Wildman–Crippen LogP) is 3.93. The molecular weight excluding hydrogens is 504 g/mol. The van der Waals surface area contributed by atoms with E-state index in [0.717, 1.165) is 115 Å². The molecule has 2 atom stereocenters. The zero-order valence-electron chi connectivity index (χ0n) is 25.0. The lowest BCUT2D eigenvalue weighted by Gasteiger charge is -2.31. The van der Waals surface area contributed by atoms with Crippen LogP contribution in [0.25, 0.3) is 0 Å². The molecule has 4 aliphatic rings. The number of aromatic nitrogens is 2. The van der Waals surface area contributed by atoms with Crippen molar-refractivity contribution in [3.63, 3.8) is 0 Å². The molecule has 2 saturated heterocycles. The number of nitrogens with zero attached hydrogens (tertiary/aromatic N) is 2. The molecule has 2 fully saturated rings. The smallest absolute Gasteiger partial charge is 0.169 e. The second-order valence-electron chi connectivity index (χ2n) is 11.9. The number of rotatable bonds is 6. The fourth-order valence-corrected chi connectivity index (χ4v) is 7.17. The number of carbonyl (C=O) groups excluding carboxylic acids is 2. The van der Waals surface area contributed by atoms with E-state index >= 15 is 0 Å². The minimum atomic E-state index is 0.168. The van der Waals surface area contributed by atoms with Crippen LogP contribution in [0.2, 0.25) is 0 Å². The Morgan fingerprint density at radius 3 is 1.40 bits per heavy atom. The van der Waals surface area contributed by atoms with Crippen LogP contribution in [0.15, 0.2) is 0 Å². The summed E-state index contributed by atoms with van der Waals surface area (Å²) >= 11 is 0. The lowest BCUT2D eigenvalue weighted by atomic mass is 9.83. The van der Waals surface area contributed by atoms with E-state index in [1.807, 2.05) is 0 Å². The highest BCUT2D eigenvalue weighted by Crippen LogP contribution is 2.32. The number of ketones is 2. The van der Waals surface area contributed by atoms with Crippen molar-refractivity contribution in [2.24, 2.45) is 11.8 Å². The van der Waals surface area contributed by atoms with Crippen LogP contribution >= 0.6 is 0 Å². The zero-order valence-corrected chi connectivity index (χ0v) is 25.0. The number of ether oxygens (including phenoxy) is 2. The van der Waals surface area contributed by atoms with Crippen molar-refractivity contribution in [1.29, 1.82) is 0 Å². The minimum absolute atomic E-state index is 0.168. The van der Waals surface area contributed by atoms with Crippen molar-refractivity contribution >= 4 is 11.6 Å². The largest absolute Gasteiger partial charge is 0.379 e. The molecule has 2 unspecified atom stereocenters. The van der Waals surface area contributed by atoms with Crippen molar-refractivity contribution in [2.75, 3.05) is 65.7 Å². The fraction of sp³-hybridized carbons (Fsp3) is 0.688. The van der Waals surface area contributed by atoms with Crippen molar-refractivity contribution < 1.29 is 19.1 Å². The molecule has 2 aliphatic heterocycles. The number of hydrogen-bond acceptors (Lipinski definition) is 6. The van der Waals surface area contributed by atoms with Gasteiger partial charge in [0.15, 0.2) is 11.6 Å². The third-order valence-electron chi connectivity index (χ3n) is 9.38. The van der Waals surface area contributed by atoms with Crippen molar-refractivity contribution in [2.45, 2.75) is 66.2 Å². The molecule has 2 aliphatic carbocycles. The highest BCUT2D eigenvalue weighted by Gasteiger charge is 2.34. The van der Waals surface area contributed by atoms with E-state index in [2.05, 4.69) is 47.5 Å². The Labute approximate surface area is 239 Å². The number of aryl methyl sites for hydroxylation is 4. The van der Waals surface area contributed by atoms with Crippen LogP contribution in [-0.2, 0) is 35.2 Å². The number of nitrogens with one attached hydrogen (secondary N) is 2. The summed E-state index contributed by atoms with van der Waals surface area (Å²) in [4.78, 5) is 37.2. The first-order valence-corrected chi connectivity index (χ1v) is 15.5. The van der Waals surface area contributed by atoms with Gasteiger partial charge in [-0.05, 0) is 63.5 Å². The first kappa shape index (κ1) is 29.2. The molecule has 8 heteroatoms. The van der Waals surface area contributed by atoms with Crippen molar-refractivity contribution in [3.05, 3.63) is 45.0 Å². The quantitative estimate of drug-likeness (QED) is 0.565. The Balaban J connectivity index is 0.000000161. The summed E-state index contributed by atoms with van der Waals surface area (Å²) in [5.41, 5.74) is 9.18. The summed E-state index contributed by atoms with van der Waals surface area (Å²) < 4.78 is 10.8. The molecule has 2 N–H and O–H groups in total. The lowest BCUT2D eigenvalue weighted by Crippen LogP contribution is -2.42. The van der Waals surface area contributed by atoms with E-state index < -0.39 is 0 Å². The molecule has 0 aromatic carbocycles. The Morgan fingerprint density at radius 1 is 0.675 bits per heavy atom. The molecule has 0 radical (unpaired) electrons. The van der Waals surface area contributed by atoms with E-state index in [1.165, 1.54) is 33.9 Å². The maximum Gasteiger partial charge on any atom is 0.169 e. The van der Waals surface area contributed by atoms with Gasteiger partial charge in [0, 0.05) is 85.0 Å². The topological polar surface area (TPSA) is 90.7 Å². The highest BCUT2D eigenvalue weighted by molar-refractivity contribution is 6.02. The third kappa shape index (κ3) is 6.15. The minimum Gasteiger partial charge on any atom is -0.379 e. The predicted molar refractivity (Wildman–Crippen MR) is 157 cm³/mol. The zero-order chi connectivity index (χ0) is 28.2. The number of carbonyl (C=O) groups is 2. The molecule has 6 rings (SSSR count). The highest BCUT2D eigenvalue weighted by atomic mass is 16.5. The van der Waals surface area contributed by atoms with Crippen molar-refractivity contribution in [3.8, 4) is 0 Å².